The van der Waals surface area contributed by atoms with Crippen LogP contribution in [0.3, 0.4) is 0 Å². The summed E-state index contributed by atoms with van der Waals surface area (Å²) < 4.78 is 3.59. The zero-order valence-electron chi connectivity index (χ0n) is 23.3. The number of aromatic nitrogens is 3. The van der Waals surface area contributed by atoms with Crippen molar-refractivity contribution < 1.29 is 0 Å². The molecule has 9 rings (SSSR count). The van der Waals surface area contributed by atoms with Gasteiger partial charge >= 0.3 is 0 Å². The van der Waals surface area contributed by atoms with Crippen LogP contribution in [0.4, 0.5) is 0 Å². The number of benzene rings is 4. The van der Waals surface area contributed by atoms with Crippen molar-refractivity contribution in [3.8, 4) is 49.8 Å². The van der Waals surface area contributed by atoms with Crippen LogP contribution in [-0.2, 0) is 0 Å². The lowest BCUT2D eigenvalue weighted by molar-refractivity contribution is 1.18. The molecule has 5 aromatic heterocycles. The van der Waals surface area contributed by atoms with Gasteiger partial charge < -0.3 is 4.57 Å². The van der Waals surface area contributed by atoms with Crippen molar-refractivity contribution in [3.05, 3.63) is 137 Å². The van der Waals surface area contributed by atoms with Gasteiger partial charge in [-0.05, 0) is 98.9 Å². The van der Waals surface area contributed by atoms with Crippen LogP contribution in [0.25, 0.3) is 81.8 Å². The summed E-state index contributed by atoms with van der Waals surface area (Å²) >= 11 is 5.18. The smallest absolute Gasteiger partial charge is 0.124 e. The Morgan fingerprint density at radius 1 is 0.545 bits per heavy atom. The fourth-order valence-corrected chi connectivity index (χ4v) is 8.30. The van der Waals surface area contributed by atoms with Crippen molar-refractivity contribution in [1.29, 1.82) is 0 Å². The van der Waals surface area contributed by atoms with Crippen LogP contribution in [0, 0.1) is 0 Å². The molecule has 0 radical (unpaired) electrons. The van der Waals surface area contributed by atoms with E-state index in [1.165, 1.54) is 37.7 Å². The van der Waals surface area contributed by atoms with Crippen molar-refractivity contribution in [1.82, 2.24) is 14.5 Å². The second-order valence-electron chi connectivity index (χ2n) is 10.8. The molecule has 0 saturated heterocycles. The number of hydrogen-bond acceptors (Lipinski definition) is 5. The first kappa shape index (κ1) is 25.6. The number of thiophene rings is 2. The topological polar surface area (TPSA) is 30.7 Å². The van der Waals surface area contributed by atoms with Gasteiger partial charge in [-0.25, -0.2) is 4.98 Å². The summed E-state index contributed by atoms with van der Waals surface area (Å²) in [5.74, 6) is 0. The van der Waals surface area contributed by atoms with Crippen LogP contribution in [0.2, 0.25) is 0 Å². The molecule has 9 aromatic rings. The fourth-order valence-electron chi connectivity index (χ4n) is 6.00. The molecule has 0 aliphatic carbocycles. The van der Waals surface area contributed by atoms with Gasteiger partial charge in [-0.2, -0.15) is 22.7 Å². The first-order chi connectivity index (χ1) is 21.8. The van der Waals surface area contributed by atoms with Crippen LogP contribution in [0.1, 0.15) is 0 Å². The maximum Gasteiger partial charge on any atom is 0.124 e. The van der Waals surface area contributed by atoms with E-state index in [1.54, 1.807) is 34.0 Å². The van der Waals surface area contributed by atoms with E-state index in [-0.39, 0.29) is 0 Å². The Morgan fingerprint density at radius 2 is 1.36 bits per heavy atom. The molecule has 44 heavy (non-hydrogen) atoms. The zero-order valence-corrected chi connectivity index (χ0v) is 25.8. The highest BCUT2D eigenvalue weighted by atomic mass is 32.1. The van der Waals surface area contributed by atoms with Gasteiger partial charge in [0, 0.05) is 39.3 Å². The van der Waals surface area contributed by atoms with Crippen molar-refractivity contribution in [2.24, 2.45) is 0 Å². The molecule has 3 nitrogen and oxygen atoms in total. The lowest BCUT2D eigenvalue weighted by Gasteiger charge is -2.11. The fraction of sp³-hybridized carbons (Fsp3) is 0. The molecule has 0 aliphatic heterocycles. The van der Waals surface area contributed by atoms with E-state index >= 15 is 0 Å². The van der Waals surface area contributed by atoms with E-state index in [9.17, 15) is 0 Å². The third-order valence-electron chi connectivity index (χ3n) is 8.18. The number of para-hydroxylation sites is 1. The highest BCUT2D eigenvalue weighted by Crippen LogP contribution is 2.39. The van der Waals surface area contributed by atoms with Gasteiger partial charge in [0.25, 0.3) is 0 Å². The lowest BCUT2D eigenvalue weighted by Crippen LogP contribution is -1.95. The summed E-state index contributed by atoms with van der Waals surface area (Å²) in [7, 11) is 0. The number of pyridine rings is 1. The first-order valence-electron chi connectivity index (χ1n) is 14.3. The Morgan fingerprint density at radius 3 is 2.16 bits per heavy atom. The molecule has 0 bridgehead atoms. The number of nitrogens with zero attached hydrogens (tertiary/aromatic N) is 3. The predicted octanol–water partition coefficient (Wildman–Crippen LogP) is 11.6. The average Bonchev–Trinajstić information content (AvgIpc) is 3.90. The molecule has 0 atom stereocenters. The van der Waals surface area contributed by atoms with Crippen LogP contribution < -0.4 is 0 Å². The van der Waals surface area contributed by atoms with Gasteiger partial charge in [-0.1, -0.05) is 48.5 Å². The first-order valence-corrected chi connectivity index (χ1v) is 17.0. The van der Waals surface area contributed by atoms with Gasteiger partial charge in [0.15, 0.2) is 0 Å². The quantitative estimate of drug-likeness (QED) is 0.192. The molecule has 208 valence electrons. The molecule has 0 aliphatic rings. The van der Waals surface area contributed by atoms with Crippen molar-refractivity contribution in [3.63, 3.8) is 0 Å². The van der Waals surface area contributed by atoms with Crippen molar-refractivity contribution >= 4 is 66.0 Å². The number of thiazole rings is 1. The Labute approximate surface area is 266 Å². The average molecular weight is 618 g/mol. The maximum atomic E-state index is 4.98. The van der Waals surface area contributed by atoms with Crippen LogP contribution in [0.5, 0.6) is 0 Å². The summed E-state index contributed by atoms with van der Waals surface area (Å²) in [5, 5.41) is 12.1. The van der Waals surface area contributed by atoms with Gasteiger partial charge in [0.1, 0.15) is 5.01 Å². The minimum atomic E-state index is 0.960. The molecule has 4 aromatic carbocycles. The van der Waals surface area contributed by atoms with E-state index < -0.39 is 0 Å². The molecular weight excluding hydrogens is 595 g/mol. The molecule has 0 saturated carbocycles. The highest BCUT2D eigenvalue weighted by molar-refractivity contribution is 7.21. The second kappa shape index (κ2) is 10.4. The van der Waals surface area contributed by atoms with Crippen LogP contribution >= 0.6 is 34.0 Å². The Bertz CT molecular complexity index is 2400. The van der Waals surface area contributed by atoms with Gasteiger partial charge in [-0.3, -0.25) is 4.98 Å². The minimum Gasteiger partial charge on any atom is -0.309 e. The lowest BCUT2D eigenvalue weighted by atomic mass is 10.0. The monoisotopic (exact) mass is 617 g/mol. The third kappa shape index (κ3) is 4.30. The predicted molar refractivity (Wildman–Crippen MR) is 189 cm³/mol. The summed E-state index contributed by atoms with van der Waals surface area (Å²) in [6, 6.07) is 39.3. The molecular formula is C38H23N3S3. The number of rotatable bonds is 5. The second-order valence-corrected chi connectivity index (χ2v) is 13.4. The molecule has 0 N–H and O–H groups in total. The molecule has 0 unspecified atom stereocenters. The summed E-state index contributed by atoms with van der Waals surface area (Å²) in [5.41, 5.74) is 12.5. The van der Waals surface area contributed by atoms with Gasteiger partial charge in [0.05, 0.1) is 26.9 Å². The van der Waals surface area contributed by atoms with E-state index in [0.29, 0.717) is 0 Å². The number of hydrogen-bond donors (Lipinski definition) is 0. The summed E-state index contributed by atoms with van der Waals surface area (Å²) in [6.45, 7) is 0. The largest absolute Gasteiger partial charge is 0.309 e. The Kier molecular flexibility index (Phi) is 6.04. The SMILES string of the molecule is c1cc(-c2ccc(-c3ccsc3)cn2)cc(-n2c3ccc(-c4ccsc4)cc3c3ccc(-c4nc5ccccc5s4)cc32)c1. The number of fused-ring (bicyclic) bond motifs is 4. The van der Waals surface area contributed by atoms with Crippen LogP contribution in [-0.4, -0.2) is 14.5 Å². The molecule has 0 fully saturated rings. The normalized spacial score (nSPS) is 11.6. The molecule has 0 amide bonds. The van der Waals surface area contributed by atoms with Crippen LogP contribution in [0.15, 0.2) is 137 Å². The Hall–Kier alpha value is -4.88. The molecule has 5 heterocycles. The third-order valence-corrected chi connectivity index (χ3v) is 10.6. The molecule has 0 spiro atoms. The maximum absolute atomic E-state index is 4.98. The minimum absolute atomic E-state index is 0.960. The van der Waals surface area contributed by atoms with Gasteiger partial charge in [0.2, 0.25) is 0 Å². The van der Waals surface area contributed by atoms with E-state index in [1.807, 2.05) is 6.20 Å². The van der Waals surface area contributed by atoms with E-state index in [2.05, 4.69) is 135 Å². The summed E-state index contributed by atoms with van der Waals surface area (Å²) in [6.07, 6.45) is 1.97. The van der Waals surface area contributed by atoms with E-state index in [4.69, 9.17) is 9.97 Å². The standard InChI is InChI=1S/C38H23N3S3/c1-2-7-37-34(6-1)40-38(44-37)26-8-11-31-32-19-24(28-14-16-42-22-28)10-13-35(32)41(36(31)20-26)30-5-3-4-25(18-30)33-12-9-27(21-39-33)29-15-17-43-23-29/h1-23H. The van der Waals surface area contributed by atoms with E-state index in [0.717, 1.165) is 44.1 Å². The van der Waals surface area contributed by atoms with Crippen molar-refractivity contribution in [2.45, 2.75) is 0 Å². The highest BCUT2D eigenvalue weighted by Gasteiger charge is 2.17. The van der Waals surface area contributed by atoms with Gasteiger partial charge in [-0.15, -0.1) is 11.3 Å². The van der Waals surface area contributed by atoms with Crippen molar-refractivity contribution in [2.75, 3.05) is 0 Å². The summed E-state index contributed by atoms with van der Waals surface area (Å²) in [4.78, 5) is 9.83. The zero-order chi connectivity index (χ0) is 29.0. The molecule has 6 heteroatoms. The Balaban J connectivity index is 1.23.